The minimum atomic E-state index is -1.09. The molecule has 0 amide bonds. The molecule has 0 aromatic carbocycles. The molecular formula is C11H21BN2O3. The van der Waals surface area contributed by atoms with Gasteiger partial charge in [0.15, 0.2) is 0 Å². The van der Waals surface area contributed by atoms with E-state index in [1.807, 2.05) is 6.92 Å². The Balaban J connectivity index is 2.87. The standard InChI is InChI=1S/C11H21BN2O3/c1-8-9(7-13-14(8)6)12(16)17-11(4,5)10(2,3)15/h7,15-16H,1-6H3. The lowest BCUT2D eigenvalue weighted by molar-refractivity contribution is -0.0982. The van der Waals surface area contributed by atoms with E-state index in [4.69, 9.17) is 4.65 Å². The second-order valence-electron chi connectivity index (χ2n) is 5.35. The molecule has 1 heterocycles. The molecule has 0 atom stereocenters. The average molecular weight is 240 g/mol. The summed E-state index contributed by atoms with van der Waals surface area (Å²) in [6.07, 6.45) is 1.57. The molecule has 0 aliphatic rings. The van der Waals surface area contributed by atoms with Crippen molar-refractivity contribution in [3.8, 4) is 0 Å². The van der Waals surface area contributed by atoms with Gasteiger partial charge in [0.2, 0.25) is 0 Å². The van der Waals surface area contributed by atoms with Gasteiger partial charge < -0.3 is 14.8 Å². The summed E-state index contributed by atoms with van der Waals surface area (Å²) in [5.74, 6) is 0. The number of hydrogen-bond acceptors (Lipinski definition) is 4. The lowest BCUT2D eigenvalue weighted by Gasteiger charge is -2.38. The Hall–Kier alpha value is -0.845. The molecule has 96 valence electrons. The van der Waals surface area contributed by atoms with E-state index < -0.39 is 18.3 Å². The van der Waals surface area contributed by atoms with E-state index >= 15 is 0 Å². The topological polar surface area (TPSA) is 67.5 Å². The quantitative estimate of drug-likeness (QED) is 0.726. The Bertz CT molecular complexity index is 396. The molecule has 0 bridgehead atoms. The maximum Gasteiger partial charge on any atom is 0.495 e. The number of aromatic nitrogens is 2. The zero-order valence-electron chi connectivity index (χ0n) is 11.4. The first kappa shape index (κ1) is 14.2. The molecule has 0 fully saturated rings. The fourth-order valence-corrected chi connectivity index (χ4v) is 1.24. The fraction of sp³-hybridized carbons (Fsp3) is 0.727. The van der Waals surface area contributed by atoms with E-state index in [9.17, 15) is 10.1 Å². The van der Waals surface area contributed by atoms with Gasteiger partial charge in [0, 0.05) is 24.4 Å². The van der Waals surface area contributed by atoms with Crippen LogP contribution < -0.4 is 5.46 Å². The average Bonchev–Trinajstić information content (AvgIpc) is 2.45. The molecule has 17 heavy (non-hydrogen) atoms. The van der Waals surface area contributed by atoms with E-state index in [2.05, 4.69) is 5.10 Å². The van der Waals surface area contributed by atoms with Crippen molar-refractivity contribution in [2.45, 2.75) is 45.8 Å². The summed E-state index contributed by atoms with van der Waals surface area (Å²) in [7, 11) is 0.706. The highest BCUT2D eigenvalue weighted by molar-refractivity contribution is 6.60. The predicted octanol–water partition coefficient (Wildman–Crippen LogP) is -0.0179. The predicted molar refractivity (Wildman–Crippen MR) is 67.0 cm³/mol. The van der Waals surface area contributed by atoms with Crippen molar-refractivity contribution in [1.29, 1.82) is 0 Å². The van der Waals surface area contributed by atoms with Crippen molar-refractivity contribution in [3.63, 3.8) is 0 Å². The monoisotopic (exact) mass is 240 g/mol. The molecule has 0 saturated carbocycles. The molecule has 0 radical (unpaired) electrons. The molecule has 6 heteroatoms. The van der Waals surface area contributed by atoms with Gasteiger partial charge in [-0.2, -0.15) is 5.10 Å². The van der Waals surface area contributed by atoms with Crippen LogP contribution in [0.4, 0.5) is 0 Å². The maximum atomic E-state index is 10.0. The van der Waals surface area contributed by atoms with Crippen LogP contribution in [0.15, 0.2) is 6.20 Å². The number of aliphatic hydroxyl groups is 1. The summed E-state index contributed by atoms with van der Waals surface area (Å²) in [5.41, 5.74) is -0.465. The van der Waals surface area contributed by atoms with Gasteiger partial charge in [-0.3, -0.25) is 4.68 Å². The van der Waals surface area contributed by atoms with E-state index in [-0.39, 0.29) is 0 Å². The Morgan fingerprint density at radius 3 is 2.24 bits per heavy atom. The van der Waals surface area contributed by atoms with Gasteiger partial charge in [-0.25, -0.2) is 0 Å². The molecule has 1 aromatic heterocycles. The van der Waals surface area contributed by atoms with Crippen molar-refractivity contribution in [2.75, 3.05) is 0 Å². The van der Waals surface area contributed by atoms with Crippen LogP contribution in [0, 0.1) is 6.92 Å². The molecule has 1 aromatic rings. The van der Waals surface area contributed by atoms with Crippen LogP contribution in [0.1, 0.15) is 33.4 Å². The molecule has 0 aliphatic carbocycles. The largest absolute Gasteiger partial charge is 0.495 e. The lowest BCUT2D eigenvalue weighted by atomic mass is 9.77. The van der Waals surface area contributed by atoms with Gasteiger partial charge in [0.05, 0.1) is 11.2 Å². The summed E-state index contributed by atoms with van der Waals surface area (Å²) < 4.78 is 7.20. The third kappa shape index (κ3) is 2.88. The van der Waals surface area contributed by atoms with Crippen LogP contribution >= 0.6 is 0 Å². The van der Waals surface area contributed by atoms with E-state index in [0.29, 0.717) is 5.46 Å². The van der Waals surface area contributed by atoms with Crippen molar-refractivity contribution < 1.29 is 14.8 Å². The third-order valence-corrected chi connectivity index (χ3v) is 3.42. The van der Waals surface area contributed by atoms with Gasteiger partial charge in [0.1, 0.15) is 0 Å². The smallest absolute Gasteiger partial charge is 0.423 e. The second-order valence-corrected chi connectivity index (χ2v) is 5.35. The maximum absolute atomic E-state index is 10.0. The van der Waals surface area contributed by atoms with Gasteiger partial charge in [-0.15, -0.1) is 0 Å². The first-order chi connectivity index (χ1) is 7.56. The van der Waals surface area contributed by atoms with E-state index in [1.165, 1.54) is 0 Å². The van der Waals surface area contributed by atoms with Crippen LogP contribution in [-0.2, 0) is 11.7 Å². The van der Waals surface area contributed by atoms with Gasteiger partial charge >= 0.3 is 7.12 Å². The van der Waals surface area contributed by atoms with Crippen LogP contribution in [0.3, 0.4) is 0 Å². The molecule has 0 spiro atoms. The summed E-state index contributed by atoms with van der Waals surface area (Å²) >= 11 is 0. The number of aryl methyl sites for hydroxylation is 1. The molecule has 0 unspecified atom stereocenters. The van der Waals surface area contributed by atoms with Crippen LogP contribution in [0.25, 0.3) is 0 Å². The van der Waals surface area contributed by atoms with Gasteiger partial charge in [-0.1, -0.05) is 0 Å². The summed E-state index contributed by atoms with van der Waals surface area (Å²) in [5, 5.41) is 24.0. The Kier molecular flexibility index (Phi) is 3.71. The zero-order chi connectivity index (χ0) is 13.4. The molecule has 5 nitrogen and oxygen atoms in total. The molecule has 0 saturated heterocycles. The van der Waals surface area contributed by atoms with Gasteiger partial charge in [-0.05, 0) is 34.6 Å². The minimum Gasteiger partial charge on any atom is -0.423 e. The third-order valence-electron chi connectivity index (χ3n) is 3.42. The SMILES string of the molecule is Cc1c(B(O)OC(C)(C)C(C)(C)O)cnn1C. The zero-order valence-corrected chi connectivity index (χ0v) is 11.4. The second kappa shape index (κ2) is 4.44. The van der Waals surface area contributed by atoms with Crippen LogP contribution in [0.2, 0.25) is 0 Å². The number of nitrogens with zero attached hydrogens (tertiary/aromatic N) is 2. The van der Waals surface area contributed by atoms with Crippen molar-refractivity contribution in [2.24, 2.45) is 7.05 Å². The number of rotatable bonds is 4. The molecule has 2 N–H and O–H groups in total. The van der Waals surface area contributed by atoms with Crippen LogP contribution in [-0.4, -0.2) is 38.2 Å². The molecular weight excluding hydrogens is 219 g/mol. The summed E-state index contributed by atoms with van der Waals surface area (Å²) in [6.45, 7) is 8.63. The Labute approximate surface area is 103 Å². The van der Waals surface area contributed by atoms with Crippen LogP contribution in [0.5, 0.6) is 0 Å². The van der Waals surface area contributed by atoms with E-state index in [1.54, 1.807) is 45.6 Å². The van der Waals surface area contributed by atoms with Gasteiger partial charge in [0.25, 0.3) is 0 Å². The minimum absolute atomic E-state index is 0.616. The first-order valence-electron chi connectivity index (χ1n) is 5.63. The summed E-state index contributed by atoms with van der Waals surface area (Å²) in [4.78, 5) is 0. The normalized spacial score (nSPS) is 12.9. The lowest BCUT2D eigenvalue weighted by Crippen LogP contribution is -2.53. The van der Waals surface area contributed by atoms with Crippen molar-refractivity contribution >= 4 is 12.6 Å². The highest BCUT2D eigenvalue weighted by Crippen LogP contribution is 2.25. The fourth-order valence-electron chi connectivity index (χ4n) is 1.24. The molecule has 1 rings (SSSR count). The van der Waals surface area contributed by atoms with Crippen molar-refractivity contribution in [1.82, 2.24) is 9.78 Å². The highest BCUT2D eigenvalue weighted by Gasteiger charge is 2.40. The Morgan fingerprint density at radius 2 is 1.88 bits per heavy atom. The molecule has 0 aliphatic heterocycles. The highest BCUT2D eigenvalue weighted by atomic mass is 16.5. The number of hydrogen-bond donors (Lipinski definition) is 2. The van der Waals surface area contributed by atoms with Crippen molar-refractivity contribution in [3.05, 3.63) is 11.9 Å². The Morgan fingerprint density at radius 1 is 1.35 bits per heavy atom. The summed E-state index contributed by atoms with van der Waals surface area (Å²) in [6, 6.07) is 0. The first-order valence-corrected chi connectivity index (χ1v) is 5.63. The van der Waals surface area contributed by atoms with E-state index in [0.717, 1.165) is 5.69 Å².